The summed E-state index contributed by atoms with van der Waals surface area (Å²) in [5.41, 5.74) is 1.77. The minimum atomic E-state index is 0.0516. The summed E-state index contributed by atoms with van der Waals surface area (Å²) < 4.78 is 7.16. The Bertz CT molecular complexity index is 546. The SMILES string of the molecule is Cc1cccc(OCCC(=O)c2cnn(C)c2)c1. The third-order valence-electron chi connectivity index (χ3n) is 2.61. The molecule has 0 atom stereocenters. The Kier molecular flexibility index (Phi) is 3.77. The number of aromatic nitrogens is 2. The van der Waals surface area contributed by atoms with E-state index >= 15 is 0 Å². The smallest absolute Gasteiger partial charge is 0.169 e. The zero-order valence-corrected chi connectivity index (χ0v) is 10.6. The summed E-state index contributed by atoms with van der Waals surface area (Å²) in [6, 6.07) is 7.79. The van der Waals surface area contributed by atoms with Gasteiger partial charge in [-0.2, -0.15) is 5.10 Å². The zero-order valence-electron chi connectivity index (χ0n) is 10.6. The van der Waals surface area contributed by atoms with Crippen molar-refractivity contribution in [2.45, 2.75) is 13.3 Å². The molecule has 0 radical (unpaired) electrons. The number of benzene rings is 1. The van der Waals surface area contributed by atoms with Crippen LogP contribution in [0.5, 0.6) is 5.75 Å². The lowest BCUT2D eigenvalue weighted by molar-refractivity contribution is 0.0962. The maximum Gasteiger partial charge on any atom is 0.169 e. The summed E-state index contributed by atoms with van der Waals surface area (Å²) in [4.78, 5) is 11.8. The van der Waals surface area contributed by atoms with Crippen molar-refractivity contribution in [3.05, 3.63) is 47.8 Å². The number of Topliss-reactive ketones (excluding diaryl/α,β-unsaturated/α-hetero) is 1. The summed E-state index contributed by atoms with van der Waals surface area (Å²) in [7, 11) is 1.79. The van der Waals surface area contributed by atoms with Crippen LogP contribution in [0.25, 0.3) is 0 Å². The summed E-state index contributed by atoms with van der Waals surface area (Å²) >= 11 is 0. The Labute approximate surface area is 106 Å². The van der Waals surface area contributed by atoms with Crippen LogP contribution in [-0.2, 0) is 7.05 Å². The second-order valence-electron chi connectivity index (χ2n) is 4.24. The van der Waals surface area contributed by atoms with Gasteiger partial charge in [0.1, 0.15) is 5.75 Å². The molecule has 18 heavy (non-hydrogen) atoms. The number of rotatable bonds is 5. The van der Waals surface area contributed by atoms with Gasteiger partial charge in [-0.15, -0.1) is 0 Å². The molecule has 0 N–H and O–H groups in total. The Morgan fingerprint density at radius 1 is 1.44 bits per heavy atom. The second-order valence-corrected chi connectivity index (χ2v) is 4.24. The first kappa shape index (κ1) is 12.4. The van der Waals surface area contributed by atoms with E-state index in [0.717, 1.165) is 11.3 Å². The molecule has 1 heterocycles. The van der Waals surface area contributed by atoms with E-state index in [2.05, 4.69) is 5.10 Å². The van der Waals surface area contributed by atoms with E-state index < -0.39 is 0 Å². The van der Waals surface area contributed by atoms with Crippen LogP contribution in [0.1, 0.15) is 22.3 Å². The van der Waals surface area contributed by atoms with E-state index in [-0.39, 0.29) is 5.78 Å². The van der Waals surface area contributed by atoms with Gasteiger partial charge in [0.2, 0.25) is 0 Å². The quantitative estimate of drug-likeness (QED) is 0.758. The highest BCUT2D eigenvalue weighted by molar-refractivity contribution is 5.95. The first-order valence-electron chi connectivity index (χ1n) is 5.86. The highest BCUT2D eigenvalue weighted by atomic mass is 16.5. The fourth-order valence-electron chi connectivity index (χ4n) is 1.68. The molecule has 2 rings (SSSR count). The number of hydrogen-bond acceptors (Lipinski definition) is 3. The van der Waals surface area contributed by atoms with Crippen LogP contribution in [0.3, 0.4) is 0 Å². The third kappa shape index (κ3) is 3.20. The van der Waals surface area contributed by atoms with E-state index in [9.17, 15) is 4.79 Å². The van der Waals surface area contributed by atoms with Gasteiger partial charge in [-0.05, 0) is 24.6 Å². The van der Waals surface area contributed by atoms with Gasteiger partial charge in [-0.1, -0.05) is 12.1 Å². The van der Waals surface area contributed by atoms with Crippen LogP contribution < -0.4 is 4.74 Å². The van der Waals surface area contributed by atoms with Crippen molar-refractivity contribution in [3.63, 3.8) is 0 Å². The molecule has 0 spiro atoms. The predicted molar refractivity (Wildman–Crippen MR) is 68.8 cm³/mol. The summed E-state index contributed by atoms with van der Waals surface area (Å²) in [6.07, 6.45) is 3.66. The number of hydrogen-bond donors (Lipinski definition) is 0. The Morgan fingerprint density at radius 3 is 2.94 bits per heavy atom. The minimum absolute atomic E-state index is 0.0516. The van der Waals surface area contributed by atoms with Gasteiger partial charge in [0.15, 0.2) is 5.78 Å². The topological polar surface area (TPSA) is 44.1 Å². The van der Waals surface area contributed by atoms with Gasteiger partial charge in [0.05, 0.1) is 18.4 Å². The normalized spacial score (nSPS) is 10.3. The first-order valence-corrected chi connectivity index (χ1v) is 5.86. The Morgan fingerprint density at radius 2 is 2.28 bits per heavy atom. The molecule has 0 bridgehead atoms. The Hall–Kier alpha value is -2.10. The van der Waals surface area contributed by atoms with Gasteiger partial charge < -0.3 is 4.74 Å². The lowest BCUT2D eigenvalue weighted by Gasteiger charge is -2.05. The van der Waals surface area contributed by atoms with Crippen LogP contribution in [0, 0.1) is 6.92 Å². The van der Waals surface area contributed by atoms with E-state index in [0.29, 0.717) is 18.6 Å². The van der Waals surface area contributed by atoms with E-state index in [1.54, 1.807) is 24.1 Å². The van der Waals surface area contributed by atoms with Gasteiger partial charge in [-0.3, -0.25) is 9.48 Å². The van der Waals surface area contributed by atoms with Crippen LogP contribution >= 0.6 is 0 Å². The highest BCUT2D eigenvalue weighted by Gasteiger charge is 2.07. The molecule has 0 amide bonds. The largest absolute Gasteiger partial charge is 0.493 e. The second kappa shape index (κ2) is 5.49. The van der Waals surface area contributed by atoms with Crippen molar-refractivity contribution >= 4 is 5.78 Å². The van der Waals surface area contributed by atoms with Crippen molar-refractivity contribution in [3.8, 4) is 5.75 Å². The van der Waals surface area contributed by atoms with Crippen LogP contribution in [-0.4, -0.2) is 22.2 Å². The molecule has 1 aromatic carbocycles. The summed E-state index contributed by atoms with van der Waals surface area (Å²) in [5, 5.41) is 3.97. The molecule has 0 saturated heterocycles. The molecule has 0 fully saturated rings. The standard InChI is InChI=1S/C14H16N2O2/c1-11-4-3-5-13(8-11)18-7-6-14(17)12-9-15-16(2)10-12/h3-5,8-10H,6-7H2,1-2H3. The first-order chi connectivity index (χ1) is 8.65. The lowest BCUT2D eigenvalue weighted by Crippen LogP contribution is -2.06. The fourth-order valence-corrected chi connectivity index (χ4v) is 1.68. The maximum absolute atomic E-state index is 11.8. The molecule has 0 saturated carbocycles. The molecule has 1 aromatic heterocycles. The van der Waals surface area contributed by atoms with Crippen molar-refractivity contribution in [1.82, 2.24) is 9.78 Å². The zero-order chi connectivity index (χ0) is 13.0. The lowest BCUT2D eigenvalue weighted by atomic mass is 10.2. The summed E-state index contributed by atoms with van der Waals surface area (Å²) in [5.74, 6) is 0.852. The third-order valence-corrected chi connectivity index (χ3v) is 2.61. The van der Waals surface area contributed by atoms with Gasteiger partial charge >= 0.3 is 0 Å². The fraction of sp³-hybridized carbons (Fsp3) is 0.286. The molecule has 0 aliphatic rings. The molecule has 0 unspecified atom stereocenters. The van der Waals surface area contributed by atoms with Crippen LogP contribution in [0.4, 0.5) is 0 Å². The van der Waals surface area contributed by atoms with Gasteiger partial charge in [0, 0.05) is 19.7 Å². The Balaban J connectivity index is 1.84. The number of ether oxygens (including phenoxy) is 1. The van der Waals surface area contributed by atoms with Crippen molar-refractivity contribution in [2.24, 2.45) is 7.05 Å². The minimum Gasteiger partial charge on any atom is -0.493 e. The average Bonchev–Trinajstić information content (AvgIpc) is 2.76. The number of aryl methyl sites for hydroxylation is 2. The molecule has 2 aromatic rings. The van der Waals surface area contributed by atoms with Crippen LogP contribution in [0.2, 0.25) is 0 Å². The van der Waals surface area contributed by atoms with Gasteiger partial charge in [0.25, 0.3) is 0 Å². The van der Waals surface area contributed by atoms with E-state index in [4.69, 9.17) is 4.74 Å². The van der Waals surface area contributed by atoms with Crippen LogP contribution in [0.15, 0.2) is 36.7 Å². The molecular weight excluding hydrogens is 228 g/mol. The highest BCUT2D eigenvalue weighted by Crippen LogP contribution is 2.13. The maximum atomic E-state index is 11.8. The van der Waals surface area contributed by atoms with E-state index in [1.807, 2.05) is 31.2 Å². The number of ketones is 1. The molecule has 4 heteroatoms. The van der Waals surface area contributed by atoms with Crippen molar-refractivity contribution < 1.29 is 9.53 Å². The molecule has 0 aliphatic heterocycles. The van der Waals surface area contributed by atoms with Gasteiger partial charge in [-0.25, -0.2) is 0 Å². The summed E-state index contributed by atoms with van der Waals surface area (Å²) in [6.45, 7) is 2.39. The molecule has 94 valence electrons. The monoisotopic (exact) mass is 244 g/mol. The molecular formula is C14H16N2O2. The predicted octanol–water partition coefficient (Wildman–Crippen LogP) is 2.38. The van der Waals surface area contributed by atoms with Crippen molar-refractivity contribution in [2.75, 3.05) is 6.61 Å². The molecule has 0 aliphatic carbocycles. The number of carbonyl (C=O) groups excluding carboxylic acids is 1. The number of nitrogens with zero attached hydrogens (tertiary/aromatic N) is 2. The molecule has 4 nitrogen and oxygen atoms in total. The average molecular weight is 244 g/mol. The van der Waals surface area contributed by atoms with E-state index in [1.165, 1.54) is 0 Å². The number of carbonyl (C=O) groups is 1. The van der Waals surface area contributed by atoms with Crippen molar-refractivity contribution in [1.29, 1.82) is 0 Å².